The zero-order valence-electron chi connectivity index (χ0n) is 24.5. The number of nitriles is 2. The molecule has 0 saturated carbocycles. The molecule has 0 spiro atoms. The van der Waals surface area contributed by atoms with Gasteiger partial charge in [0, 0.05) is 31.7 Å². The first-order valence-corrected chi connectivity index (χ1v) is 15.1. The van der Waals surface area contributed by atoms with Crippen molar-refractivity contribution in [1.29, 1.82) is 10.5 Å². The molecule has 9 heteroatoms. The van der Waals surface area contributed by atoms with Gasteiger partial charge in [-0.2, -0.15) is 10.5 Å². The summed E-state index contributed by atoms with van der Waals surface area (Å²) in [6, 6.07) is 24.5. The average molecular weight is 592 g/mol. The molecule has 1 unspecified atom stereocenters. The fourth-order valence-corrected chi connectivity index (χ4v) is 6.39. The Morgan fingerprint density at radius 1 is 1.16 bits per heavy atom. The van der Waals surface area contributed by atoms with E-state index in [1.165, 1.54) is 24.4 Å². The quantitative estimate of drug-likeness (QED) is 0.261. The molecule has 8 nitrogen and oxygen atoms in total. The van der Waals surface area contributed by atoms with Gasteiger partial charge < -0.3 is 15.2 Å². The molecule has 3 heterocycles. The van der Waals surface area contributed by atoms with Gasteiger partial charge in [0.15, 0.2) is 0 Å². The highest BCUT2D eigenvalue weighted by atomic mass is 32.2. The second-order valence-electron chi connectivity index (χ2n) is 10.9. The highest BCUT2D eigenvalue weighted by Gasteiger charge is 2.37. The lowest BCUT2D eigenvalue weighted by Gasteiger charge is -2.29. The monoisotopic (exact) mass is 591 g/mol. The third kappa shape index (κ3) is 6.44. The fourth-order valence-electron chi connectivity index (χ4n) is 5.48. The zero-order valence-corrected chi connectivity index (χ0v) is 25.3. The van der Waals surface area contributed by atoms with E-state index < -0.39 is 11.9 Å². The van der Waals surface area contributed by atoms with Crippen molar-refractivity contribution in [3.63, 3.8) is 0 Å². The van der Waals surface area contributed by atoms with Crippen molar-refractivity contribution in [3.05, 3.63) is 117 Å². The molecular formula is C34H33N5O3S. The van der Waals surface area contributed by atoms with Crippen LogP contribution in [0.15, 0.2) is 88.5 Å². The molecule has 2 aromatic carbocycles. The van der Waals surface area contributed by atoms with E-state index in [9.17, 15) is 15.3 Å². The summed E-state index contributed by atoms with van der Waals surface area (Å²) in [7, 11) is 1.30. The lowest BCUT2D eigenvalue weighted by molar-refractivity contribution is -0.136. The van der Waals surface area contributed by atoms with E-state index >= 15 is 0 Å². The topological polar surface area (TPSA) is 125 Å². The summed E-state index contributed by atoms with van der Waals surface area (Å²) in [6.07, 6.45) is 0.768. The third-order valence-corrected chi connectivity index (χ3v) is 8.75. The molecular weight excluding hydrogens is 558 g/mol. The number of methoxy groups -OCH3 is 1. The number of carbonyl (C=O) groups is 1. The van der Waals surface area contributed by atoms with Crippen LogP contribution in [0.3, 0.4) is 0 Å². The Hall–Kier alpha value is -4.57. The number of aromatic nitrogens is 1. The maximum atomic E-state index is 13.2. The summed E-state index contributed by atoms with van der Waals surface area (Å²) >= 11 is 1.30. The van der Waals surface area contributed by atoms with Gasteiger partial charge in [0.1, 0.15) is 28.5 Å². The van der Waals surface area contributed by atoms with E-state index in [0.717, 1.165) is 41.9 Å². The van der Waals surface area contributed by atoms with E-state index in [1.807, 2.05) is 48.5 Å². The highest BCUT2D eigenvalue weighted by molar-refractivity contribution is 7.99. The predicted octanol–water partition coefficient (Wildman–Crippen LogP) is 5.66. The van der Waals surface area contributed by atoms with E-state index in [0.29, 0.717) is 23.1 Å². The number of fused-ring (bicyclic) bond motifs is 1. The summed E-state index contributed by atoms with van der Waals surface area (Å²) in [5.74, 6) is -0.625. The first kappa shape index (κ1) is 29.9. The van der Waals surface area contributed by atoms with Crippen molar-refractivity contribution in [2.75, 3.05) is 19.4 Å². The normalized spacial score (nSPS) is 16.7. The molecule has 2 aliphatic heterocycles. The number of hydrogen-bond donors (Lipinski definition) is 1. The molecule has 2 aliphatic rings. The first-order chi connectivity index (χ1) is 20.8. The number of thioether (sulfide) groups is 1. The van der Waals surface area contributed by atoms with Gasteiger partial charge >= 0.3 is 5.97 Å². The number of carbonyl (C=O) groups excluding carboxylic acids is 1. The van der Waals surface area contributed by atoms with Crippen molar-refractivity contribution in [1.82, 2.24) is 9.88 Å². The number of benzene rings is 2. The lowest BCUT2D eigenvalue weighted by Crippen LogP contribution is -2.31. The summed E-state index contributed by atoms with van der Waals surface area (Å²) in [5.41, 5.74) is 12.2. The maximum absolute atomic E-state index is 13.2. The summed E-state index contributed by atoms with van der Waals surface area (Å²) in [4.78, 5) is 20.4. The van der Waals surface area contributed by atoms with Crippen LogP contribution in [0.4, 0.5) is 0 Å². The fraction of sp³-hybridized carbons (Fsp3) is 0.294. The van der Waals surface area contributed by atoms with E-state index in [4.69, 9.17) is 20.2 Å². The molecule has 0 radical (unpaired) electrons. The Morgan fingerprint density at radius 3 is 2.56 bits per heavy atom. The van der Waals surface area contributed by atoms with Crippen LogP contribution >= 0.6 is 11.8 Å². The van der Waals surface area contributed by atoms with Crippen LogP contribution in [-0.2, 0) is 33.8 Å². The molecule has 43 heavy (non-hydrogen) atoms. The Morgan fingerprint density at radius 2 is 1.91 bits per heavy atom. The van der Waals surface area contributed by atoms with Crippen molar-refractivity contribution in [2.24, 2.45) is 5.73 Å². The van der Waals surface area contributed by atoms with Crippen LogP contribution in [0.25, 0.3) is 0 Å². The number of esters is 1. The number of allylic oxidation sites excluding steroid dienone is 1. The van der Waals surface area contributed by atoms with Gasteiger partial charge in [0.2, 0.25) is 5.88 Å². The van der Waals surface area contributed by atoms with Crippen LogP contribution < -0.4 is 5.73 Å². The minimum atomic E-state index is -0.745. The Kier molecular flexibility index (Phi) is 9.16. The predicted molar refractivity (Wildman–Crippen MR) is 164 cm³/mol. The zero-order chi connectivity index (χ0) is 30.5. The Bertz CT molecular complexity index is 1670. The number of rotatable bonds is 8. The number of ether oxygens (including phenoxy) is 2. The molecule has 0 bridgehead atoms. The second-order valence-corrected chi connectivity index (χ2v) is 11.8. The Labute approximate surface area is 256 Å². The lowest BCUT2D eigenvalue weighted by atomic mass is 9.82. The molecule has 0 saturated heterocycles. The van der Waals surface area contributed by atoms with Crippen LogP contribution in [0.5, 0.6) is 0 Å². The van der Waals surface area contributed by atoms with Gasteiger partial charge in [-0.3, -0.25) is 4.90 Å². The number of hydrogen-bond acceptors (Lipinski definition) is 9. The van der Waals surface area contributed by atoms with Crippen LogP contribution in [0.2, 0.25) is 0 Å². The summed E-state index contributed by atoms with van der Waals surface area (Å²) in [6.45, 7) is 6.61. The van der Waals surface area contributed by atoms with Gasteiger partial charge in [-0.15, -0.1) is 0 Å². The molecule has 0 fully saturated rings. The largest absolute Gasteiger partial charge is 0.466 e. The van der Waals surface area contributed by atoms with Gasteiger partial charge in [-0.25, -0.2) is 9.78 Å². The molecule has 2 N–H and O–H groups in total. The SMILES string of the molecule is COC(=O)C1=C(CSc2nc3c(cc2C#N)CN(Cc2ccccc2)CC3)OC(N)=C(C#N)C1c1ccc(C(C)C)cc1. The average Bonchev–Trinajstić information content (AvgIpc) is 3.03. The van der Waals surface area contributed by atoms with Gasteiger partial charge in [0.05, 0.1) is 29.9 Å². The van der Waals surface area contributed by atoms with E-state index in [1.54, 1.807) is 0 Å². The highest BCUT2D eigenvalue weighted by Crippen LogP contribution is 2.41. The standard InChI is InChI=1S/C34H33N5O3S/c1-21(2)23-9-11-24(12-10-23)30-27(17-36)32(37)42-29(31(30)34(40)41-3)20-43-33-25(16-35)15-26-19-39(14-13-28(26)38-33)18-22-7-5-4-6-8-22/h4-12,15,21,30H,13-14,18-20,37H2,1-3H3. The van der Waals surface area contributed by atoms with E-state index in [-0.39, 0.29) is 28.5 Å². The number of pyridine rings is 1. The molecule has 5 rings (SSSR count). The minimum Gasteiger partial charge on any atom is -0.466 e. The minimum absolute atomic E-state index is 0.0545. The molecule has 0 amide bonds. The van der Waals surface area contributed by atoms with Crippen molar-refractivity contribution < 1.29 is 14.3 Å². The van der Waals surface area contributed by atoms with Gasteiger partial charge in [-0.1, -0.05) is 80.2 Å². The van der Waals surface area contributed by atoms with E-state index in [2.05, 4.69) is 43.0 Å². The van der Waals surface area contributed by atoms with Crippen LogP contribution in [0.1, 0.15) is 59.2 Å². The van der Waals surface area contributed by atoms with Crippen LogP contribution in [-0.4, -0.2) is 35.3 Å². The van der Waals surface area contributed by atoms with Gasteiger partial charge in [-0.05, 0) is 34.2 Å². The summed E-state index contributed by atoms with van der Waals surface area (Å²) in [5, 5.41) is 20.5. The summed E-state index contributed by atoms with van der Waals surface area (Å²) < 4.78 is 11.0. The third-order valence-electron chi connectivity index (χ3n) is 7.76. The molecule has 218 valence electrons. The number of nitrogens with two attached hydrogens (primary N) is 1. The van der Waals surface area contributed by atoms with Crippen molar-refractivity contribution in [3.8, 4) is 12.1 Å². The first-order valence-electron chi connectivity index (χ1n) is 14.1. The molecule has 1 atom stereocenters. The number of nitrogens with zero attached hydrogens (tertiary/aromatic N) is 4. The smallest absolute Gasteiger partial charge is 0.338 e. The Balaban J connectivity index is 1.43. The van der Waals surface area contributed by atoms with Crippen LogP contribution in [0, 0.1) is 22.7 Å². The molecule has 0 aliphatic carbocycles. The maximum Gasteiger partial charge on any atom is 0.338 e. The molecule has 3 aromatic rings. The van der Waals surface area contributed by atoms with Crippen molar-refractivity contribution in [2.45, 2.75) is 50.2 Å². The van der Waals surface area contributed by atoms with Crippen molar-refractivity contribution >= 4 is 17.7 Å². The van der Waals surface area contributed by atoms with Gasteiger partial charge in [0.25, 0.3) is 0 Å². The molecule has 1 aromatic heterocycles. The second kappa shape index (κ2) is 13.2.